The Morgan fingerprint density at radius 1 is 1.14 bits per heavy atom. The maximum Gasteiger partial charge on any atom is 0.312 e. The highest BCUT2D eigenvalue weighted by atomic mass is 32.2. The minimum Gasteiger partial charge on any atom is -0.450 e. The highest BCUT2D eigenvalue weighted by Crippen LogP contribution is 2.35. The Labute approximate surface area is 168 Å². The van der Waals surface area contributed by atoms with Gasteiger partial charge in [0.15, 0.2) is 0 Å². The zero-order valence-corrected chi connectivity index (χ0v) is 17.0. The van der Waals surface area contributed by atoms with E-state index in [0.717, 1.165) is 11.6 Å². The molecule has 0 aromatic heterocycles. The largest absolute Gasteiger partial charge is 0.450 e. The van der Waals surface area contributed by atoms with Gasteiger partial charge in [0.1, 0.15) is 5.75 Å². The van der Waals surface area contributed by atoms with Crippen molar-refractivity contribution in [3.05, 3.63) is 52.1 Å². The topological polar surface area (TPSA) is 128 Å². The number of aryl methyl sites for hydroxylation is 1. The van der Waals surface area contributed by atoms with Crippen LogP contribution in [0.3, 0.4) is 0 Å². The fourth-order valence-corrected chi connectivity index (χ4v) is 4.34. The van der Waals surface area contributed by atoms with Crippen molar-refractivity contribution >= 4 is 27.3 Å². The molecule has 0 saturated carbocycles. The number of nitrogens with zero attached hydrogens (tertiary/aromatic N) is 1. The molecule has 0 atom stereocenters. The normalized spacial score (nSPS) is 14.1. The van der Waals surface area contributed by atoms with E-state index in [4.69, 9.17) is 4.74 Å². The molecular formula is C19H21N3O6S. The first-order valence-electron chi connectivity index (χ1n) is 8.88. The number of hydrogen-bond donors (Lipinski definition) is 2. The van der Waals surface area contributed by atoms with Crippen LogP contribution in [0.4, 0.5) is 11.4 Å². The molecule has 0 unspecified atom stereocenters. The molecule has 2 N–H and O–H groups in total. The van der Waals surface area contributed by atoms with Gasteiger partial charge < -0.3 is 10.1 Å². The molecule has 0 bridgehead atoms. The molecule has 0 saturated heterocycles. The summed E-state index contributed by atoms with van der Waals surface area (Å²) < 4.78 is 33.1. The Kier molecular flexibility index (Phi) is 5.33. The van der Waals surface area contributed by atoms with E-state index in [9.17, 15) is 23.3 Å². The SMILES string of the molecule is CC(C)(C)NS(=O)(=O)c1ccc(Oc2ccc3c(c2)CCC(=O)N3)c([N+](=O)[O-])c1. The van der Waals surface area contributed by atoms with Crippen LogP contribution in [0.5, 0.6) is 11.5 Å². The van der Waals surface area contributed by atoms with Gasteiger partial charge in [-0.2, -0.15) is 0 Å². The van der Waals surface area contributed by atoms with Gasteiger partial charge in [-0.1, -0.05) is 0 Å². The number of anilines is 1. The molecule has 3 rings (SSSR count). The van der Waals surface area contributed by atoms with E-state index in [1.807, 2.05) is 0 Å². The number of amides is 1. The number of benzene rings is 2. The number of hydrogen-bond acceptors (Lipinski definition) is 6. The number of carbonyl (C=O) groups excluding carboxylic acids is 1. The summed E-state index contributed by atoms with van der Waals surface area (Å²) in [6.07, 6.45) is 0.889. The van der Waals surface area contributed by atoms with Crippen molar-refractivity contribution in [1.82, 2.24) is 4.72 Å². The molecule has 0 fully saturated rings. The first kappa shape index (κ1) is 20.7. The summed E-state index contributed by atoms with van der Waals surface area (Å²) in [6, 6.07) is 8.44. The number of rotatable bonds is 5. The van der Waals surface area contributed by atoms with Crippen LogP contribution in [0.1, 0.15) is 32.8 Å². The molecule has 2 aromatic carbocycles. The third kappa shape index (κ3) is 4.90. The van der Waals surface area contributed by atoms with Crippen molar-refractivity contribution in [2.75, 3.05) is 5.32 Å². The number of carbonyl (C=O) groups is 1. The van der Waals surface area contributed by atoms with Gasteiger partial charge in [-0.15, -0.1) is 0 Å². The lowest BCUT2D eigenvalue weighted by atomic mass is 10.0. The van der Waals surface area contributed by atoms with Crippen LogP contribution < -0.4 is 14.8 Å². The van der Waals surface area contributed by atoms with Crippen molar-refractivity contribution < 1.29 is 22.9 Å². The third-order valence-corrected chi connectivity index (χ3v) is 5.83. The van der Waals surface area contributed by atoms with Crippen molar-refractivity contribution in [3.63, 3.8) is 0 Å². The summed E-state index contributed by atoms with van der Waals surface area (Å²) in [5.74, 6) is 0.207. The Balaban J connectivity index is 1.92. The Bertz CT molecular complexity index is 1090. The van der Waals surface area contributed by atoms with Crippen LogP contribution in [-0.4, -0.2) is 24.8 Å². The van der Waals surface area contributed by atoms with Gasteiger partial charge in [0, 0.05) is 23.7 Å². The predicted molar refractivity (Wildman–Crippen MR) is 107 cm³/mol. The molecule has 1 aliphatic heterocycles. The lowest BCUT2D eigenvalue weighted by Crippen LogP contribution is -2.40. The second-order valence-corrected chi connectivity index (χ2v) is 9.39. The third-order valence-electron chi connectivity index (χ3n) is 4.08. The molecule has 0 aliphatic carbocycles. The highest BCUT2D eigenvalue weighted by molar-refractivity contribution is 7.89. The Hall–Kier alpha value is -2.98. The molecule has 154 valence electrons. The van der Waals surface area contributed by atoms with E-state index in [0.29, 0.717) is 24.3 Å². The van der Waals surface area contributed by atoms with Gasteiger partial charge in [0.2, 0.25) is 21.7 Å². The fraction of sp³-hybridized carbons (Fsp3) is 0.316. The van der Waals surface area contributed by atoms with Crippen LogP contribution in [0.2, 0.25) is 0 Å². The molecule has 1 aliphatic rings. The maximum atomic E-state index is 12.5. The Morgan fingerprint density at radius 3 is 2.52 bits per heavy atom. The average Bonchev–Trinajstić information content (AvgIpc) is 2.60. The number of sulfonamides is 1. The lowest BCUT2D eigenvalue weighted by Gasteiger charge is -2.20. The van der Waals surface area contributed by atoms with Gasteiger partial charge in [-0.05, 0) is 63.1 Å². The molecule has 1 heterocycles. The summed E-state index contributed by atoms with van der Waals surface area (Å²) in [7, 11) is -3.93. The first-order valence-corrected chi connectivity index (χ1v) is 10.4. The van der Waals surface area contributed by atoms with Crippen molar-refractivity contribution in [1.29, 1.82) is 0 Å². The van der Waals surface area contributed by atoms with Crippen molar-refractivity contribution in [2.45, 2.75) is 44.0 Å². The van der Waals surface area contributed by atoms with Crippen LogP contribution >= 0.6 is 0 Å². The maximum absolute atomic E-state index is 12.5. The van der Waals surface area contributed by atoms with Gasteiger partial charge >= 0.3 is 5.69 Å². The molecule has 10 heteroatoms. The average molecular weight is 419 g/mol. The van der Waals surface area contributed by atoms with E-state index < -0.39 is 26.2 Å². The molecule has 0 spiro atoms. The molecular weight excluding hydrogens is 398 g/mol. The number of nitrogens with one attached hydrogen (secondary N) is 2. The smallest absolute Gasteiger partial charge is 0.312 e. The van der Waals surface area contributed by atoms with Gasteiger partial charge in [-0.3, -0.25) is 14.9 Å². The second kappa shape index (κ2) is 7.45. The minimum absolute atomic E-state index is 0.0672. The minimum atomic E-state index is -3.93. The van der Waals surface area contributed by atoms with Gasteiger partial charge in [-0.25, -0.2) is 13.1 Å². The monoisotopic (exact) mass is 419 g/mol. The van der Waals surface area contributed by atoms with E-state index in [1.54, 1.807) is 39.0 Å². The first-order chi connectivity index (χ1) is 13.4. The summed E-state index contributed by atoms with van der Waals surface area (Å²) >= 11 is 0. The molecule has 0 radical (unpaired) electrons. The van der Waals surface area contributed by atoms with E-state index in [2.05, 4.69) is 10.0 Å². The van der Waals surface area contributed by atoms with Gasteiger partial charge in [0.25, 0.3) is 0 Å². The Morgan fingerprint density at radius 2 is 1.86 bits per heavy atom. The van der Waals surface area contributed by atoms with Crippen LogP contribution in [0.15, 0.2) is 41.3 Å². The molecule has 2 aromatic rings. The van der Waals surface area contributed by atoms with E-state index in [1.165, 1.54) is 12.1 Å². The molecule has 1 amide bonds. The number of fused-ring (bicyclic) bond motifs is 1. The fourth-order valence-electron chi connectivity index (χ4n) is 2.91. The summed E-state index contributed by atoms with van der Waals surface area (Å²) in [6.45, 7) is 5.03. The highest BCUT2D eigenvalue weighted by Gasteiger charge is 2.26. The van der Waals surface area contributed by atoms with E-state index >= 15 is 0 Å². The lowest BCUT2D eigenvalue weighted by molar-refractivity contribution is -0.385. The van der Waals surface area contributed by atoms with Crippen LogP contribution in [-0.2, 0) is 21.2 Å². The number of nitro benzene ring substituents is 1. The number of nitro groups is 1. The van der Waals surface area contributed by atoms with Crippen LogP contribution in [0.25, 0.3) is 0 Å². The zero-order valence-electron chi connectivity index (χ0n) is 16.2. The second-order valence-electron chi connectivity index (χ2n) is 7.71. The van der Waals surface area contributed by atoms with Crippen LogP contribution in [0, 0.1) is 10.1 Å². The standard InChI is InChI=1S/C19H21N3O6S/c1-19(2,3)21-29(26,27)14-6-8-17(16(11-14)22(24)25)28-13-5-7-15-12(10-13)4-9-18(23)20-15/h5-8,10-11,21H,4,9H2,1-3H3,(H,20,23). The van der Waals surface area contributed by atoms with Crippen molar-refractivity contribution in [3.8, 4) is 11.5 Å². The molecule has 29 heavy (non-hydrogen) atoms. The summed E-state index contributed by atoms with van der Waals surface area (Å²) in [5.41, 5.74) is 0.338. The zero-order chi connectivity index (χ0) is 21.4. The van der Waals surface area contributed by atoms with Crippen molar-refractivity contribution in [2.24, 2.45) is 0 Å². The summed E-state index contributed by atoms with van der Waals surface area (Å²) in [4.78, 5) is 22.0. The quantitative estimate of drug-likeness (QED) is 0.565. The van der Waals surface area contributed by atoms with Gasteiger partial charge in [0.05, 0.1) is 9.82 Å². The number of ether oxygens (including phenoxy) is 1. The van der Waals surface area contributed by atoms with E-state index in [-0.39, 0.29) is 16.6 Å². The summed E-state index contributed by atoms with van der Waals surface area (Å²) in [5, 5.41) is 14.3. The predicted octanol–water partition coefficient (Wildman–Crippen LogP) is 3.35. The molecule has 9 nitrogen and oxygen atoms in total.